The van der Waals surface area contributed by atoms with Crippen molar-refractivity contribution in [2.45, 2.75) is 51.0 Å². The van der Waals surface area contributed by atoms with E-state index < -0.39 is 0 Å². The Morgan fingerprint density at radius 1 is 1.03 bits per heavy atom. The first kappa shape index (κ1) is 19.7. The summed E-state index contributed by atoms with van der Waals surface area (Å²) in [5.74, 6) is 1.91. The van der Waals surface area contributed by atoms with Gasteiger partial charge in [-0.25, -0.2) is 15.0 Å². The van der Waals surface area contributed by atoms with Crippen molar-refractivity contribution in [1.82, 2.24) is 29.5 Å². The molecule has 0 atom stereocenters. The van der Waals surface area contributed by atoms with Gasteiger partial charge in [0.05, 0.1) is 23.7 Å². The fraction of sp³-hybridized carbons (Fsp3) is 0.458. The molecular weight excluding hydrogens is 402 g/mol. The van der Waals surface area contributed by atoms with Crippen molar-refractivity contribution >= 4 is 28.1 Å². The first-order valence-electron chi connectivity index (χ1n) is 11.7. The van der Waals surface area contributed by atoms with Gasteiger partial charge < -0.3 is 19.6 Å². The molecule has 1 saturated heterocycles. The number of hydrogen-bond acceptors (Lipinski definition) is 6. The van der Waals surface area contributed by atoms with Crippen molar-refractivity contribution in [3.63, 3.8) is 0 Å². The number of nitrogens with zero attached hydrogens (tertiary/aromatic N) is 6. The van der Waals surface area contributed by atoms with E-state index in [9.17, 15) is 5.11 Å². The van der Waals surface area contributed by atoms with Gasteiger partial charge in [-0.05, 0) is 37.8 Å². The van der Waals surface area contributed by atoms with Crippen molar-refractivity contribution < 1.29 is 5.11 Å². The molecule has 32 heavy (non-hydrogen) atoms. The SMILES string of the molecule is OC[C]1CCN(c2nc(-c3ccc4c(c3)ncn4C3CCCCC3)c3nc[nH]c3n2)CC1. The number of aromatic nitrogens is 6. The van der Waals surface area contributed by atoms with Crippen molar-refractivity contribution in [2.24, 2.45) is 0 Å². The van der Waals surface area contributed by atoms with Gasteiger partial charge in [0.15, 0.2) is 5.65 Å². The van der Waals surface area contributed by atoms with E-state index in [0.717, 1.165) is 53.9 Å². The van der Waals surface area contributed by atoms with Crippen LogP contribution in [0.2, 0.25) is 0 Å². The standard InChI is InChI=1S/C24H28N7O/c32-13-16-8-10-30(11-9-16)24-28-21(22-23(29-24)26-14-25-22)17-6-7-20-19(12-17)27-15-31(20)18-4-2-1-3-5-18/h6-7,12,14-15,18,32H,1-5,8-11,13H2,(H,25,26,28,29). The Balaban J connectivity index is 1.37. The number of H-pyrrole nitrogens is 1. The highest BCUT2D eigenvalue weighted by atomic mass is 16.3. The van der Waals surface area contributed by atoms with Gasteiger partial charge in [-0.15, -0.1) is 0 Å². The number of anilines is 1. The molecule has 2 aliphatic rings. The predicted molar refractivity (Wildman–Crippen MR) is 124 cm³/mol. The fourth-order valence-corrected chi connectivity index (χ4v) is 5.18. The van der Waals surface area contributed by atoms with E-state index in [2.05, 4.69) is 37.6 Å². The lowest BCUT2D eigenvalue weighted by atomic mass is 9.95. The molecule has 0 bridgehead atoms. The number of hydrogen-bond donors (Lipinski definition) is 2. The molecule has 6 rings (SSSR count). The molecule has 2 N–H and O–H groups in total. The number of nitrogens with one attached hydrogen (secondary N) is 1. The lowest BCUT2D eigenvalue weighted by Crippen LogP contribution is -2.35. The van der Waals surface area contributed by atoms with Crippen LogP contribution in [-0.4, -0.2) is 54.3 Å². The molecule has 0 unspecified atom stereocenters. The summed E-state index contributed by atoms with van der Waals surface area (Å²) in [6, 6.07) is 7.00. The summed E-state index contributed by atoms with van der Waals surface area (Å²) in [5.41, 5.74) is 5.55. The lowest BCUT2D eigenvalue weighted by molar-refractivity contribution is 0.289. The van der Waals surface area contributed by atoms with Crippen LogP contribution in [0.15, 0.2) is 30.9 Å². The summed E-state index contributed by atoms with van der Waals surface area (Å²) in [7, 11) is 0. The van der Waals surface area contributed by atoms with Gasteiger partial charge in [-0.3, -0.25) is 0 Å². The number of aromatic amines is 1. The molecule has 1 aromatic carbocycles. The summed E-state index contributed by atoms with van der Waals surface area (Å²) >= 11 is 0. The third-order valence-electron chi connectivity index (χ3n) is 7.06. The molecule has 2 fully saturated rings. The van der Waals surface area contributed by atoms with E-state index in [1.54, 1.807) is 6.33 Å². The van der Waals surface area contributed by atoms with Crippen molar-refractivity contribution in [2.75, 3.05) is 24.6 Å². The Hall–Kier alpha value is -3.00. The summed E-state index contributed by atoms with van der Waals surface area (Å²) in [4.78, 5) is 24.3. The normalized spacial score (nSPS) is 18.7. The first-order valence-corrected chi connectivity index (χ1v) is 11.7. The minimum absolute atomic E-state index is 0.174. The van der Waals surface area contributed by atoms with Gasteiger partial charge in [-0.2, -0.15) is 4.98 Å². The maximum absolute atomic E-state index is 9.42. The smallest absolute Gasteiger partial charge is 0.228 e. The maximum atomic E-state index is 9.42. The quantitative estimate of drug-likeness (QED) is 0.507. The van der Waals surface area contributed by atoms with Crippen LogP contribution in [0.25, 0.3) is 33.5 Å². The predicted octanol–water partition coefficient (Wildman–Crippen LogP) is 4.04. The second-order valence-corrected chi connectivity index (χ2v) is 9.01. The van der Waals surface area contributed by atoms with E-state index in [4.69, 9.17) is 15.0 Å². The molecule has 4 aromatic rings. The van der Waals surface area contributed by atoms with Gasteiger partial charge >= 0.3 is 0 Å². The lowest BCUT2D eigenvalue weighted by Gasteiger charge is -2.30. The largest absolute Gasteiger partial charge is 0.396 e. The number of fused-ring (bicyclic) bond motifs is 2. The second-order valence-electron chi connectivity index (χ2n) is 9.01. The monoisotopic (exact) mass is 430 g/mol. The first-order chi connectivity index (χ1) is 15.8. The molecule has 1 aliphatic carbocycles. The molecule has 1 aliphatic heterocycles. The van der Waals surface area contributed by atoms with Crippen LogP contribution in [-0.2, 0) is 0 Å². The van der Waals surface area contributed by atoms with Crippen LogP contribution in [0, 0.1) is 5.92 Å². The molecule has 3 aromatic heterocycles. The molecule has 1 radical (unpaired) electrons. The minimum atomic E-state index is 0.174. The van der Waals surface area contributed by atoms with E-state index in [1.807, 2.05) is 6.33 Å². The number of piperidine rings is 1. The van der Waals surface area contributed by atoms with Gasteiger partial charge in [0.1, 0.15) is 11.2 Å². The number of imidazole rings is 2. The molecule has 165 valence electrons. The third-order valence-corrected chi connectivity index (χ3v) is 7.06. The van der Waals surface area contributed by atoms with Crippen molar-refractivity contribution in [1.29, 1.82) is 0 Å². The van der Waals surface area contributed by atoms with Gasteiger partial charge in [-0.1, -0.05) is 25.3 Å². The molecule has 1 saturated carbocycles. The number of aliphatic hydroxyl groups is 1. The molecule has 0 spiro atoms. The number of rotatable bonds is 4. The van der Waals surface area contributed by atoms with E-state index in [0.29, 0.717) is 12.0 Å². The number of benzene rings is 1. The van der Waals surface area contributed by atoms with Gasteiger partial charge in [0.25, 0.3) is 0 Å². The van der Waals surface area contributed by atoms with E-state index in [-0.39, 0.29) is 6.61 Å². The van der Waals surface area contributed by atoms with Crippen molar-refractivity contribution in [3.05, 3.63) is 36.8 Å². The van der Waals surface area contributed by atoms with Crippen LogP contribution in [0.1, 0.15) is 51.0 Å². The van der Waals surface area contributed by atoms with Crippen molar-refractivity contribution in [3.8, 4) is 11.3 Å². The van der Waals surface area contributed by atoms with E-state index >= 15 is 0 Å². The van der Waals surface area contributed by atoms with Crippen LogP contribution in [0.4, 0.5) is 5.95 Å². The summed E-state index contributed by atoms with van der Waals surface area (Å²) in [6.45, 7) is 1.81. The van der Waals surface area contributed by atoms with Gasteiger partial charge in [0.2, 0.25) is 5.95 Å². The average Bonchev–Trinajstić information content (AvgIpc) is 3.50. The molecule has 8 heteroatoms. The topological polar surface area (TPSA) is 95.7 Å². The Morgan fingerprint density at radius 3 is 2.69 bits per heavy atom. The number of aliphatic hydroxyl groups excluding tert-OH is 1. The zero-order chi connectivity index (χ0) is 21.5. The average molecular weight is 431 g/mol. The molecule has 4 heterocycles. The van der Waals surface area contributed by atoms with Crippen LogP contribution < -0.4 is 4.90 Å². The summed E-state index contributed by atoms with van der Waals surface area (Å²) < 4.78 is 2.36. The Labute approximate surface area is 186 Å². The summed E-state index contributed by atoms with van der Waals surface area (Å²) in [6.07, 6.45) is 11.9. The highest BCUT2D eigenvalue weighted by Crippen LogP contribution is 2.33. The summed E-state index contributed by atoms with van der Waals surface area (Å²) in [5, 5.41) is 9.42. The Morgan fingerprint density at radius 2 is 1.88 bits per heavy atom. The van der Waals surface area contributed by atoms with E-state index in [1.165, 1.54) is 43.5 Å². The molecular formula is C24H28N7O. The van der Waals surface area contributed by atoms with Crippen LogP contribution >= 0.6 is 0 Å². The highest BCUT2D eigenvalue weighted by Gasteiger charge is 2.23. The minimum Gasteiger partial charge on any atom is -0.396 e. The maximum Gasteiger partial charge on any atom is 0.228 e. The second kappa shape index (κ2) is 8.16. The zero-order valence-corrected chi connectivity index (χ0v) is 18.2. The van der Waals surface area contributed by atoms with Crippen LogP contribution in [0.3, 0.4) is 0 Å². The van der Waals surface area contributed by atoms with Crippen LogP contribution in [0.5, 0.6) is 0 Å². The zero-order valence-electron chi connectivity index (χ0n) is 18.2. The fourth-order valence-electron chi connectivity index (χ4n) is 5.18. The Bertz CT molecular complexity index is 1230. The third kappa shape index (κ3) is 3.43. The molecule has 8 nitrogen and oxygen atoms in total. The Kier molecular flexibility index (Phi) is 5.02. The highest BCUT2D eigenvalue weighted by molar-refractivity contribution is 5.91. The van der Waals surface area contributed by atoms with Gasteiger partial charge in [0, 0.05) is 37.2 Å². The molecule has 0 amide bonds.